The van der Waals surface area contributed by atoms with Crippen molar-refractivity contribution in [2.75, 3.05) is 13.2 Å². The summed E-state index contributed by atoms with van der Waals surface area (Å²) in [5.74, 6) is 0.356. The Morgan fingerprint density at radius 2 is 2.30 bits per heavy atom. The van der Waals surface area contributed by atoms with Gasteiger partial charge < -0.3 is 19.6 Å². The van der Waals surface area contributed by atoms with E-state index in [0.29, 0.717) is 24.4 Å². The third kappa shape index (κ3) is 2.36. The highest BCUT2D eigenvalue weighted by atomic mass is 16.5. The SMILES string of the molecule is CCOC1CC(O)(CNC(=O)c2ccoc2C)C1(C)C. The molecule has 0 bridgehead atoms. The third-order valence-electron chi connectivity index (χ3n) is 4.54. The topological polar surface area (TPSA) is 71.7 Å². The highest BCUT2D eigenvalue weighted by molar-refractivity contribution is 5.95. The number of hydrogen-bond donors (Lipinski definition) is 2. The molecule has 5 heteroatoms. The minimum Gasteiger partial charge on any atom is -0.469 e. The molecule has 0 aliphatic heterocycles. The number of carbonyl (C=O) groups is 1. The molecule has 2 N–H and O–H groups in total. The molecule has 20 heavy (non-hydrogen) atoms. The Bertz CT molecular complexity index is 494. The van der Waals surface area contributed by atoms with Crippen LogP contribution in [0.15, 0.2) is 16.7 Å². The highest BCUT2D eigenvalue weighted by Crippen LogP contribution is 2.50. The zero-order chi connectivity index (χ0) is 15.0. The average Bonchev–Trinajstić information content (AvgIpc) is 2.82. The number of ether oxygens (including phenoxy) is 1. The number of amides is 1. The molecule has 0 spiro atoms. The van der Waals surface area contributed by atoms with Crippen molar-refractivity contribution in [3.8, 4) is 0 Å². The molecule has 1 aliphatic rings. The monoisotopic (exact) mass is 281 g/mol. The summed E-state index contributed by atoms with van der Waals surface area (Å²) in [6, 6.07) is 1.63. The Labute approximate surface area is 119 Å². The van der Waals surface area contributed by atoms with E-state index >= 15 is 0 Å². The maximum atomic E-state index is 12.0. The molecule has 1 aromatic heterocycles. The number of hydrogen-bond acceptors (Lipinski definition) is 4. The Kier molecular flexibility index (Phi) is 3.93. The number of nitrogens with one attached hydrogen (secondary N) is 1. The molecule has 2 atom stereocenters. The van der Waals surface area contributed by atoms with E-state index in [1.165, 1.54) is 6.26 Å². The van der Waals surface area contributed by atoms with Gasteiger partial charge in [-0.3, -0.25) is 4.79 Å². The summed E-state index contributed by atoms with van der Waals surface area (Å²) in [5, 5.41) is 13.4. The van der Waals surface area contributed by atoms with E-state index in [1.807, 2.05) is 20.8 Å². The first kappa shape index (κ1) is 15.1. The molecule has 1 aliphatic carbocycles. The summed E-state index contributed by atoms with van der Waals surface area (Å²) in [7, 11) is 0. The lowest BCUT2D eigenvalue weighted by Crippen LogP contribution is -2.68. The van der Waals surface area contributed by atoms with Crippen LogP contribution in [0, 0.1) is 12.3 Å². The van der Waals surface area contributed by atoms with Gasteiger partial charge in [0, 0.05) is 25.0 Å². The molecule has 2 rings (SSSR count). The summed E-state index contributed by atoms with van der Waals surface area (Å²) in [5.41, 5.74) is -0.797. The van der Waals surface area contributed by atoms with Crippen molar-refractivity contribution in [2.24, 2.45) is 5.41 Å². The summed E-state index contributed by atoms with van der Waals surface area (Å²) in [4.78, 5) is 12.0. The van der Waals surface area contributed by atoms with E-state index in [9.17, 15) is 9.90 Å². The second kappa shape index (κ2) is 5.22. The molecule has 0 aromatic carbocycles. The van der Waals surface area contributed by atoms with Crippen LogP contribution in [-0.2, 0) is 4.74 Å². The lowest BCUT2D eigenvalue weighted by atomic mass is 9.56. The molecule has 2 unspecified atom stereocenters. The van der Waals surface area contributed by atoms with E-state index in [4.69, 9.17) is 9.15 Å². The van der Waals surface area contributed by atoms with Crippen LogP contribution in [0.5, 0.6) is 0 Å². The van der Waals surface area contributed by atoms with Crippen LogP contribution in [-0.4, -0.2) is 35.9 Å². The van der Waals surface area contributed by atoms with Crippen LogP contribution in [0.1, 0.15) is 43.3 Å². The maximum absolute atomic E-state index is 12.0. The van der Waals surface area contributed by atoms with Gasteiger partial charge in [-0.15, -0.1) is 0 Å². The van der Waals surface area contributed by atoms with Crippen molar-refractivity contribution in [1.82, 2.24) is 5.32 Å². The van der Waals surface area contributed by atoms with Crippen molar-refractivity contribution < 1.29 is 19.1 Å². The second-order valence-electron chi connectivity index (χ2n) is 5.97. The molecule has 112 valence electrons. The van der Waals surface area contributed by atoms with Crippen LogP contribution in [0.3, 0.4) is 0 Å². The quantitative estimate of drug-likeness (QED) is 0.864. The van der Waals surface area contributed by atoms with E-state index < -0.39 is 5.60 Å². The first-order valence-electron chi connectivity index (χ1n) is 6.98. The minimum absolute atomic E-state index is 0.0325. The number of furan rings is 1. The van der Waals surface area contributed by atoms with Crippen molar-refractivity contribution in [3.05, 3.63) is 23.7 Å². The molecule has 1 fully saturated rings. The number of rotatable bonds is 5. The lowest BCUT2D eigenvalue weighted by Gasteiger charge is -2.57. The number of aliphatic hydroxyl groups is 1. The van der Waals surface area contributed by atoms with Crippen LogP contribution < -0.4 is 5.32 Å². The number of carbonyl (C=O) groups excluding carboxylic acids is 1. The molecular weight excluding hydrogens is 258 g/mol. The van der Waals surface area contributed by atoms with Gasteiger partial charge in [0.2, 0.25) is 0 Å². The molecule has 1 heterocycles. The fraction of sp³-hybridized carbons (Fsp3) is 0.667. The van der Waals surface area contributed by atoms with Gasteiger partial charge in [-0.05, 0) is 19.9 Å². The van der Waals surface area contributed by atoms with Gasteiger partial charge in [0.25, 0.3) is 5.91 Å². The van der Waals surface area contributed by atoms with E-state index in [1.54, 1.807) is 13.0 Å². The average molecular weight is 281 g/mol. The van der Waals surface area contributed by atoms with Crippen molar-refractivity contribution in [2.45, 2.75) is 45.8 Å². The molecule has 0 saturated heterocycles. The number of aryl methyl sites for hydroxylation is 1. The lowest BCUT2D eigenvalue weighted by molar-refractivity contribution is -0.237. The first-order valence-corrected chi connectivity index (χ1v) is 6.98. The van der Waals surface area contributed by atoms with Gasteiger partial charge >= 0.3 is 0 Å². The van der Waals surface area contributed by atoms with Gasteiger partial charge in [0.05, 0.1) is 23.5 Å². The minimum atomic E-state index is -0.930. The third-order valence-corrected chi connectivity index (χ3v) is 4.54. The van der Waals surface area contributed by atoms with E-state index in [-0.39, 0.29) is 24.0 Å². The van der Waals surface area contributed by atoms with Gasteiger partial charge in [0.15, 0.2) is 0 Å². The van der Waals surface area contributed by atoms with Crippen molar-refractivity contribution in [1.29, 1.82) is 0 Å². The zero-order valence-corrected chi connectivity index (χ0v) is 12.5. The maximum Gasteiger partial charge on any atom is 0.254 e. The van der Waals surface area contributed by atoms with Crippen LogP contribution in [0.4, 0.5) is 0 Å². The molecule has 1 aromatic rings. The second-order valence-corrected chi connectivity index (χ2v) is 5.97. The largest absolute Gasteiger partial charge is 0.469 e. The van der Waals surface area contributed by atoms with Crippen molar-refractivity contribution in [3.63, 3.8) is 0 Å². The fourth-order valence-corrected chi connectivity index (χ4v) is 2.70. The highest BCUT2D eigenvalue weighted by Gasteiger charge is 2.59. The van der Waals surface area contributed by atoms with Crippen LogP contribution in [0.25, 0.3) is 0 Å². The zero-order valence-electron chi connectivity index (χ0n) is 12.5. The Balaban J connectivity index is 1.95. The van der Waals surface area contributed by atoms with Gasteiger partial charge in [-0.2, -0.15) is 0 Å². The normalized spacial score (nSPS) is 27.9. The van der Waals surface area contributed by atoms with Gasteiger partial charge in [-0.25, -0.2) is 0 Å². The molecule has 1 saturated carbocycles. The molecule has 0 radical (unpaired) electrons. The molecule has 1 amide bonds. The molecule has 5 nitrogen and oxygen atoms in total. The Hall–Kier alpha value is -1.33. The van der Waals surface area contributed by atoms with Gasteiger partial charge in [0.1, 0.15) is 5.76 Å². The van der Waals surface area contributed by atoms with Gasteiger partial charge in [-0.1, -0.05) is 13.8 Å². The smallest absolute Gasteiger partial charge is 0.254 e. The summed E-state index contributed by atoms with van der Waals surface area (Å²) in [6.45, 7) is 8.45. The molecular formula is C15H23NO4. The summed E-state index contributed by atoms with van der Waals surface area (Å²) in [6.07, 6.45) is 2.06. The summed E-state index contributed by atoms with van der Waals surface area (Å²) < 4.78 is 10.7. The van der Waals surface area contributed by atoms with E-state index in [2.05, 4.69) is 5.32 Å². The standard InChI is InChI=1S/C15H23NO4/c1-5-19-12-8-15(18,14(12,3)4)9-16-13(17)11-6-7-20-10(11)2/h6-7,12,18H,5,8-9H2,1-4H3,(H,16,17). The predicted molar refractivity (Wildman–Crippen MR) is 74.5 cm³/mol. The fourth-order valence-electron chi connectivity index (χ4n) is 2.70. The van der Waals surface area contributed by atoms with Crippen LogP contribution >= 0.6 is 0 Å². The van der Waals surface area contributed by atoms with Crippen molar-refractivity contribution >= 4 is 5.91 Å². The predicted octanol–water partition coefficient (Wildman–Crippen LogP) is 1.88. The Morgan fingerprint density at radius 1 is 1.60 bits per heavy atom. The van der Waals surface area contributed by atoms with E-state index in [0.717, 1.165) is 0 Å². The summed E-state index contributed by atoms with van der Waals surface area (Å²) >= 11 is 0. The Morgan fingerprint density at radius 3 is 2.80 bits per heavy atom. The van der Waals surface area contributed by atoms with Crippen LogP contribution in [0.2, 0.25) is 0 Å². The first-order chi connectivity index (χ1) is 9.32.